The molecule has 1 amide bonds. The normalized spacial score (nSPS) is 18.2. The molecule has 0 saturated heterocycles. The lowest BCUT2D eigenvalue weighted by atomic mass is 10.1. The molecule has 4 rings (SSSR count). The van der Waals surface area contributed by atoms with Crippen LogP contribution in [0.3, 0.4) is 0 Å². The van der Waals surface area contributed by atoms with E-state index in [1.54, 1.807) is 14.2 Å². The molecule has 28 heavy (non-hydrogen) atoms. The van der Waals surface area contributed by atoms with Crippen LogP contribution in [-0.4, -0.2) is 37.7 Å². The van der Waals surface area contributed by atoms with Crippen LogP contribution in [0.2, 0.25) is 0 Å². The minimum Gasteiger partial charge on any atom is -0.497 e. The maximum absolute atomic E-state index is 12.5. The monoisotopic (exact) mass is 383 g/mol. The van der Waals surface area contributed by atoms with Crippen LogP contribution in [0, 0.1) is 0 Å². The second kappa shape index (κ2) is 6.66. The van der Waals surface area contributed by atoms with E-state index in [-0.39, 0.29) is 35.6 Å². The maximum Gasteiger partial charge on any atom is 0.332 e. The molecule has 0 aliphatic heterocycles. The standard InChI is InChI=1S/C19H21N5O4/c1-22-17-16(18(26)23(2)19(22)27)24(10-20-17)9-15(25)21-14-8-13(14)11-4-6-12(28-3)7-5-11/h4-7,10,13-14H,8-9H2,1-3H3,(H,21,25)/t13-,14+/m1/s1. The molecular formula is C19H21N5O4. The molecule has 146 valence electrons. The van der Waals surface area contributed by atoms with Crippen molar-refractivity contribution in [1.82, 2.24) is 24.0 Å². The number of ether oxygens (including phenoxy) is 1. The number of rotatable bonds is 5. The summed E-state index contributed by atoms with van der Waals surface area (Å²) in [7, 11) is 4.58. The largest absolute Gasteiger partial charge is 0.497 e. The van der Waals surface area contributed by atoms with Gasteiger partial charge in [-0.15, -0.1) is 0 Å². The second-order valence-corrected chi connectivity index (χ2v) is 7.04. The lowest BCUT2D eigenvalue weighted by Gasteiger charge is -2.08. The predicted octanol–water partition coefficient (Wildman–Crippen LogP) is 0.115. The Morgan fingerprint density at radius 3 is 2.61 bits per heavy atom. The minimum absolute atomic E-state index is 0.0320. The highest BCUT2D eigenvalue weighted by Gasteiger charge is 2.39. The number of amides is 1. The van der Waals surface area contributed by atoms with Crippen LogP contribution in [0.15, 0.2) is 40.2 Å². The molecule has 1 aliphatic rings. The first-order valence-corrected chi connectivity index (χ1v) is 8.95. The van der Waals surface area contributed by atoms with E-state index in [1.807, 2.05) is 24.3 Å². The van der Waals surface area contributed by atoms with Gasteiger partial charge < -0.3 is 14.6 Å². The van der Waals surface area contributed by atoms with E-state index in [4.69, 9.17) is 4.74 Å². The first-order chi connectivity index (χ1) is 13.4. The lowest BCUT2D eigenvalue weighted by molar-refractivity contribution is -0.121. The summed E-state index contributed by atoms with van der Waals surface area (Å²) in [6.45, 7) is -0.0320. The molecule has 1 aliphatic carbocycles. The highest BCUT2D eigenvalue weighted by atomic mass is 16.5. The van der Waals surface area contributed by atoms with Crippen molar-refractivity contribution in [2.24, 2.45) is 14.1 Å². The van der Waals surface area contributed by atoms with Crippen molar-refractivity contribution in [3.63, 3.8) is 0 Å². The number of benzene rings is 1. The van der Waals surface area contributed by atoms with Gasteiger partial charge in [-0.25, -0.2) is 9.78 Å². The van der Waals surface area contributed by atoms with Gasteiger partial charge in [0.1, 0.15) is 12.3 Å². The number of methoxy groups -OCH3 is 1. The number of aryl methyl sites for hydroxylation is 1. The van der Waals surface area contributed by atoms with Crippen LogP contribution in [0.25, 0.3) is 11.2 Å². The van der Waals surface area contributed by atoms with Gasteiger partial charge in [0.15, 0.2) is 11.2 Å². The maximum atomic E-state index is 12.5. The van der Waals surface area contributed by atoms with Gasteiger partial charge in [0.25, 0.3) is 5.56 Å². The number of fused-ring (bicyclic) bond motifs is 1. The van der Waals surface area contributed by atoms with Crippen molar-refractivity contribution in [2.75, 3.05) is 7.11 Å². The minimum atomic E-state index is -0.467. The molecule has 0 bridgehead atoms. The van der Waals surface area contributed by atoms with Gasteiger partial charge in [0.05, 0.1) is 13.4 Å². The second-order valence-electron chi connectivity index (χ2n) is 7.04. The topological polar surface area (TPSA) is 100 Å². The fourth-order valence-electron chi connectivity index (χ4n) is 3.50. The molecule has 1 saturated carbocycles. The van der Waals surface area contributed by atoms with Crippen LogP contribution >= 0.6 is 0 Å². The van der Waals surface area contributed by atoms with E-state index < -0.39 is 11.2 Å². The molecule has 9 heteroatoms. The summed E-state index contributed by atoms with van der Waals surface area (Å²) in [5, 5.41) is 3.00. The summed E-state index contributed by atoms with van der Waals surface area (Å²) in [4.78, 5) is 41.0. The zero-order valence-electron chi connectivity index (χ0n) is 15.9. The Morgan fingerprint density at radius 2 is 1.93 bits per heavy atom. The van der Waals surface area contributed by atoms with Gasteiger partial charge in [-0.05, 0) is 24.1 Å². The zero-order valence-corrected chi connectivity index (χ0v) is 15.9. The van der Waals surface area contributed by atoms with E-state index in [9.17, 15) is 14.4 Å². The molecular weight excluding hydrogens is 362 g/mol. The number of aromatic nitrogens is 4. The number of nitrogens with zero attached hydrogens (tertiary/aromatic N) is 4. The number of carbonyl (C=O) groups excluding carboxylic acids is 1. The summed E-state index contributed by atoms with van der Waals surface area (Å²) in [6.07, 6.45) is 2.29. The first kappa shape index (κ1) is 18.0. The summed E-state index contributed by atoms with van der Waals surface area (Å²) in [6, 6.07) is 7.89. The van der Waals surface area contributed by atoms with Gasteiger partial charge in [-0.2, -0.15) is 0 Å². The van der Waals surface area contributed by atoms with Gasteiger partial charge in [-0.3, -0.25) is 18.7 Å². The van der Waals surface area contributed by atoms with E-state index in [1.165, 1.54) is 22.5 Å². The Kier molecular flexibility index (Phi) is 4.29. The van der Waals surface area contributed by atoms with Crippen LogP contribution in [0.4, 0.5) is 0 Å². The molecule has 1 N–H and O–H groups in total. The molecule has 9 nitrogen and oxygen atoms in total. The average Bonchev–Trinajstić information content (AvgIpc) is 3.33. The van der Waals surface area contributed by atoms with Crippen molar-refractivity contribution >= 4 is 17.1 Å². The third-order valence-electron chi connectivity index (χ3n) is 5.21. The smallest absolute Gasteiger partial charge is 0.332 e. The number of imidazole rings is 1. The van der Waals surface area contributed by atoms with Gasteiger partial charge in [0.2, 0.25) is 5.91 Å². The highest BCUT2D eigenvalue weighted by molar-refractivity contribution is 5.79. The van der Waals surface area contributed by atoms with Crippen LogP contribution < -0.4 is 21.3 Å². The number of hydrogen-bond donors (Lipinski definition) is 1. The molecule has 3 aromatic rings. The summed E-state index contributed by atoms with van der Waals surface area (Å²) >= 11 is 0. The van der Waals surface area contributed by atoms with Crippen molar-refractivity contribution in [2.45, 2.75) is 24.9 Å². The van der Waals surface area contributed by atoms with Crippen molar-refractivity contribution in [3.05, 3.63) is 57.0 Å². The van der Waals surface area contributed by atoms with E-state index in [0.717, 1.165) is 22.3 Å². The Labute approximate surface area is 160 Å². The molecule has 2 heterocycles. The molecule has 2 aromatic heterocycles. The Hall–Kier alpha value is -3.36. The highest BCUT2D eigenvalue weighted by Crippen LogP contribution is 2.41. The molecule has 0 radical (unpaired) electrons. The quantitative estimate of drug-likeness (QED) is 0.674. The Morgan fingerprint density at radius 1 is 1.21 bits per heavy atom. The third kappa shape index (κ3) is 2.98. The third-order valence-corrected chi connectivity index (χ3v) is 5.21. The summed E-state index contributed by atoms with van der Waals surface area (Å²) < 4.78 is 8.96. The average molecular weight is 383 g/mol. The van der Waals surface area contributed by atoms with Gasteiger partial charge >= 0.3 is 5.69 Å². The SMILES string of the molecule is COc1ccc([C@H]2C[C@@H]2NC(=O)Cn2cnc3c2c(=O)n(C)c(=O)n3C)cc1. The molecule has 2 atom stereocenters. The van der Waals surface area contributed by atoms with E-state index >= 15 is 0 Å². The van der Waals surface area contributed by atoms with Crippen LogP contribution in [-0.2, 0) is 25.4 Å². The summed E-state index contributed by atoms with van der Waals surface area (Å²) in [5.74, 6) is 0.882. The summed E-state index contributed by atoms with van der Waals surface area (Å²) in [5.41, 5.74) is 0.743. The number of carbonyl (C=O) groups is 1. The molecule has 0 spiro atoms. The zero-order chi connectivity index (χ0) is 20.0. The Bertz CT molecular complexity index is 1170. The molecule has 0 unspecified atom stereocenters. The molecule has 1 fully saturated rings. The van der Waals surface area contributed by atoms with Crippen molar-refractivity contribution in [3.8, 4) is 5.75 Å². The van der Waals surface area contributed by atoms with E-state index in [0.29, 0.717) is 0 Å². The van der Waals surface area contributed by atoms with E-state index in [2.05, 4.69) is 10.3 Å². The van der Waals surface area contributed by atoms with Gasteiger partial charge in [-0.1, -0.05) is 12.1 Å². The predicted molar refractivity (Wildman–Crippen MR) is 102 cm³/mol. The Balaban J connectivity index is 1.48. The molecule has 1 aromatic carbocycles. The first-order valence-electron chi connectivity index (χ1n) is 8.95. The van der Waals surface area contributed by atoms with Crippen LogP contribution in [0.1, 0.15) is 17.9 Å². The lowest BCUT2D eigenvalue weighted by Crippen LogP contribution is -2.38. The fourth-order valence-corrected chi connectivity index (χ4v) is 3.50. The fraction of sp³-hybridized carbons (Fsp3) is 0.368. The van der Waals surface area contributed by atoms with Crippen LogP contribution in [0.5, 0.6) is 5.75 Å². The van der Waals surface area contributed by atoms with Crippen molar-refractivity contribution in [1.29, 1.82) is 0 Å². The number of nitrogens with one attached hydrogen (secondary N) is 1. The van der Waals surface area contributed by atoms with Gasteiger partial charge in [0, 0.05) is 26.1 Å². The van der Waals surface area contributed by atoms with Crippen molar-refractivity contribution < 1.29 is 9.53 Å². The number of hydrogen-bond acceptors (Lipinski definition) is 5.